The molecule has 4 aromatic rings. The summed E-state index contributed by atoms with van der Waals surface area (Å²) in [6.07, 6.45) is 15.5. The van der Waals surface area contributed by atoms with Crippen LogP contribution in [-0.2, 0) is 6.54 Å². The molecular formula is C28H31N9OS. The second-order valence-electron chi connectivity index (χ2n) is 12.2. The maximum atomic E-state index is 6.72. The lowest BCUT2D eigenvalue weighted by Gasteiger charge is -2.41. The van der Waals surface area contributed by atoms with Crippen LogP contribution in [0.2, 0.25) is 0 Å². The Balaban J connectivity index is 0.981. The summed E-state index contributed by atoms with van der Waals surface area (Å²) in [6.45, 7) is 4.61. The standard InChI is InChI=1S/C28H31N9OS/c29-24-19-1-8-33-37(19)16-28(24)5-9-34(10-6-28)25-20-12-30-17-36(20)22(13-32-25)39-21-2-7-31-26-23(21)38-14-18-11-27(3-4-27)15-35(18)26/h1-2,7-8,12-13,17-18,24H,3-6,9-11,14-16,29H2/t18-,24-/m1/s1. The molecule has 200 valence electrons. The summed E-state index contributed by atoms with van der Waals surface area (Å²) in [7, 11) is 0. The summed E-state index contributed by atoms with van der Waals surface area (Å²) >= 11 is 1.67. The van der Waals surface area contributed by atoms with E-state index in [0.29, 0.717) is 11.5 Å². The van der Waals surface area contributed by atoms with Gasteiger partial charge in [-0.3, -0.25) is 9.08 Å². The van der Waals surface area contributed by atoms with Crippen molar-refractivity contribution < 1.29 is 4.74 Å². The highest BCUT2D eigenvalue weighted by Gasteiger charge is 2.54. The van der Waals surface area contributed by atoms with E-state index in [2.05, 4.69) is 41.1 Å². The van der Waals surface area contributed by atoms with Gasteiger partial charge in [-0.1, -0.05) is 11.8 Å². The van der Waals surface area contributed by atoms with E-state index >= 15 is 0 Å². The van der Waals surface area contributed by atoms with Crippen LogP contribution in [0.1, 0.15) is 43.8 Å². The summed E-state index contributed by atoms with van der Waals surface area (Å²) in [5.41, 5.74) is 9.50. The number of nitrogens with zero attached hydrogens (tertiary/aromatic N) is 8. The Labute approximate surface area is 230 Å². The van der Waals surface area contributed by atoms with Crippen LogP contribution in [0.3, 0.4) is 0 Å². The first-order valence-corrected chi connectivity index (χ1v) is 14.8. The minimum absolute atomic E-state index is 0.0445. The van der Waals surface area contributed by atoms with Crippen molar-refractivity contribution in [2.24, 2.45) is 16.6 Å². The van der Waals surface area contributed by atoms with Gasteiger partial charge >= 0.3 is 0 Å². The molecule has 2 atom stereocenters. The molecule has 5 aliphatic rings. The van der Waals surface area contributed by atoms with Crippen molar-refractivity contribution in [3.63, 3.8) is 0 Å². The summed E-state index contributed by atoms with van der Waals surface area (Å²) in [6, 6.07) is 4.63. The Bertz CT molecular complexity index is 1600. The molecule has 4 aliphatic heterocycles. The number of imidazole rings is 1. The van der Waals surface area contributed by atoms with E-state index in [-0.39, 0.29) is 11.5 Å². The van der Waals surface area contributed by atoms with Crippen LogP contribution in [0.15, 0.2) is 53.2 Å². The monoisotopic (exact) mass is 541 g/mol. The zero-order valence-corrected chi connectivity index (χ0v) is 22.6. The van der Waals surface area contributed by atoms with Crippen molar-refractivity contribution >= 4 is 28.9 Å². The number of ether oxygens (including phenoxy) is 1. The maximum absolute atomic E-state index is 6.72. The molecule has 2 spiro atoms. The molecule has 2 saturated heterocycles. The number of anilines is 2. The van der Waals surface area contributed by atoms with Gasteiger partial charge in [0.25, 0.3) is 0 Å². The number of pyridine rings is 1. The molecule has 1 saturated carbocycles. The Morgan fingerprint density at radius 2 is 1.90 bits per heavy atom. The van der Waals surface area contributed by atoms with Crippen LogP contribution in [-0.4, -0.2) is 61.4 Å². The van der Waals surface area contributed by atoms with E-state index < -0.39 is 0 Å². The van der Waals surface area contributed by atoms with Gasteiger partial charge in [-0.2, -0.15) is 5.10 Å². The second-order valence-corrected chi connectivity index (χ2v) is 13.2. The number of fused-ring (bicyclic) bond motifs is 5. The third kappa shape index (κ3) is 3.26. The van der Waals surface area contributed by atoms with Gasteiger partial charge in [0.05, 0.1) is 35.1 Å². The lowest BCUT2D eigenvalue weighted by molar-refractivity contribution is 0.170. The number of hydrogen-bond acceptors (Lipinski definition) is 9. The predicted molar refractivity (Wildman–Crippen MR) is 147 cm³/mol. The van der Waals surface area contributed by atoms with Gasteiger partial charge < -0.3 is 20.3 Å². The van der Waals surface area contributed by atoms with E-state index in [1.54, 1.807) is 11.8 Å². The summed E-state index contributed by atoms with van der Waals surface area (Å²) < 4.78 is 10.6. The molecular weight excluding hydrogens is 510 g/mol. The number of aromatic nitrogens is 6. The predicted octanol–water partition coefficient (Wildman–Crippen LogP) is 3.52. The zero-order valence-electron chi connectivity index (χ0n) is 21.7. The molecule has 0 unspecified atom stereocenters. The smallest absolute Gasteiger partial charge is 0.175 e. The van der Waals surface area contributed by atoms with Crippen LogP contribution < -0.4 is 20.3 Å². The lowest BCUT2D eigenvalue weighted by Crippen LogP contribution is -2.45. The fourth-order valence-corrected chi connectivity index (χ4v) is 8.46. The highest BCUT2D eigenvalue weighted by Crippen LogP contribution is 2.58. The van der Waals surface area contributed by atoms with Gasteiger partial charge in [-0.05, 0) is 49.7 Å². The summed E-state index contributed by atoms with van der Waals surface area (Å²) in [5.74, 6) is 2.89. The Hall–Kier alpha value is -3.31. The average Bonchev–Trinajstić information content (AvgIpc) is 3.35. The number of piperidine rings is 1. The van der Waals surface area contributed by atoms with Crippen LogP contribution in [0.5, 0.6) is 5.75 Å². The molecule has 9 rings (SSSR count). The summed E-state index contributed by atoms with van der Waals surface area (Å²) in [5, 5.41) is 5.50. The molecule has 0 radical (unpaired) electrons. The van der Waals surface area contributed by atoms with Crippen LogP contribution in [0.4, 0.5) is 11.6 Å². The zero-order chi connectivity index (χ0) is 25.8. The molecule has 1 aliphatic carbocycles. The van der Waals surface area contributed by atoms with Crippen molar-refractivity contribution in [2.75, 3.05) is 36.0 Å². The SMILES string of the molecule is N[C@@H]1c2ccnn2CC12CCN(c1ncc(Sc3ccnc4c3OC[C@H]3CC5(CC5)CN43)n3cncc13)CC2. The third-order valence-electron chi connectivity index (χ3n) is 9.98. The van der Waals surface area contributed by atoms with Crippen LogP contribution in [0.25, 0.3) is 5.52 Å². The van der Waals surface area contributed by atoms with Gasteiger partial charge in [-0.15, -0.1) is 0 Å². The minimum Gasteiger partial charge on any atom is -0.486 e. The largest absolute Gasteiger partial charge is 0.486 e. The van der Waals surface area contributed by atoms with Gasteiger partial charge in [-0.25, -0.2) is 15.0 Å². The van der Waals surface area contributed by atoms with Gasteiger partial charge in [0.15, 0.2) is 17.4 Å². The molecule has 3 fully saturated rings. The summed E-state index contributed by atoms with van der Waals surface area (Å²) in [4.78, 5) is 20.2. The Morgan fingerprint density at radius 1 is 1.00 bits per heavy atom. The van der Waals surface area contributed by atoms with Crippen molar-refractivity contribution in [3.8, 4) is 5.75 Å². The lowest BCUT2D eigenvalue weighted by atomic mass is 9.73. The molecule has 0 aromatic carbocycles. The molecule has 8 heterocycles. The highest BCUT2D eigenvalue weighted by molar-refractivity contribution is 7.99. The number of hydrogen-bond donors (Lipinski definition) is 1. The van der Waals surface area contributed by atoms with E-state index in [0.717, 1.165) is 84.1 Å². The van der Waals surface area contributed by atoms with E-state index in [1.807, 2.05) is 31.1 Å². The fourth-order valence-electron chi connectivity index (χ4n) is 7.52. The molecule has 4 aromatic heterocycles. The van der Waals surface area contributed by atoms with Crippen LogP contribution >= 0.6 is 11.8 Å². The van der Waals surface area contributed by atoms with Gasteiger partial charge in [0.2, 0.25) is 0 Å². The Kier molecular flexibility index (Phi) is 4.55. The number of rotatable bonds is 3. The van der Waals surface area contributed by atoms with E-state index in [4.69, 9.17) is 20.4 Å². The fraction of sp³-hybridized carbons (Fsp3) is 0.500. The molecule has 0 amide bonds. The van der Waals surface area contributed by atoms with Crippen molar-refractivity contribution in [1.82, 2.24) is 29.1 Å². The average molecular weight is 542 g/mol. The first-order valence-electron chi connectivity index (χ1n) is 14.0. The molecule has 11 heteroatoms. The first kappa shape index (κ1) is 22.5. The van der Waals surface area contributed by atoms with Crippen LogP contribution in [0, 0.1) is 10.8 Å². The minimum atomic E-state index is 0.0445. The van der Waals surface area contributed by atoms with Gasteiger partial charge in [0.1, 0.15) is 23.5 Å². The topological polar surface area (TPSA) is 103 Å². The quantitative estimate of drug-likeness (QED) is 0.417. The second kappa shape index (κ2) is 7.88. The Morgan fingerprint density at radius 3 is 2.74 bits per heavy atom. The van der Waals surface area contributed by atoms with Gasteiger partial charge in [0, 0.05) is 44.0 Å². The van der Waals surface area contributed by atoms with E-state index in [9.17, 15) is 0 Å². The van der Waals surface area contributed by atoms with Crippen molar-refractivity contribution in [2.45, 2.75) is 60.7 Å². The molecule has 10 nitrogen and oxygen atoms in total. The van der Waals surface area contributed by atoms with Crippen molar-refractivity contribution in [1.29, 1.82) is 0 Å². The molecule has 0 bridgehead atoms. The third-order valence-corrected chi connectivity index (χ3v) is 11.0. The highest BCUT2D eigenvalue weighted by atomic mass is 32.2. The first-order chi connectivity index (χ1) is 19.1. The van der Waals surface area contributed by atoms with E-state index in [1.165, 1.54) is 19.3 Å². The molecule has 39 heavy (non-hydrogen) atoms. The maximum Gasteiger partial charge on any atom is 0.175 e. The normalized spacial score (nSPS) is 25.7. The number of nitrogens with two attached hydrogens (primary N) is 1. The molecule has 2 N–H and O–H groups in total. The van der Waals surface area contributed by atoms with Crippen molar-refractivity contribution in [3.05, 3.63) is 48.9 Å².